The molecular formula is C20H18N2O2S. The van der Waals surface area contributed by atoms with Crippen LogP contribution in [0.2, 0.25) is 0 Å². The highest BCUT2D eigenvalue weighted by Gasteiger charge is 2.28. The van der Waals surface area contributed by atoms with Crippen LogP contribution in [0.3, 0.4) is 0 Å². The van der Waals surface area contributed by atoms with Gasteiger partial charge < -0.3 is 10.2 Å². The largest absolute Gasteiger partial charge is 0.382 e. The number of rotatable bonds is 5. The highest BCUT2D eigenvalue weighted by Crippen LogP contribution is 2.25. The Balaban J connectivity index is 1.30. The number of nitrogens with zero attached hydrogens (tertiary/aromatic N) is 1. The lowest BCUT2D eigenvalue weighted by Gasteiger charge is -2.09. The van der Waals surface area contributed by atoms with E-state index in [9.17, 15) is 4.79 Å². The van der Waals surface area contributed by atoms with Gasteiger partial charge in [-0.3, -0.25) is 4.79 Å². The third-order valence-electron chi connectivity index (χ3n) is 4.32. The van der Waals surface area contributed by atoms with Gasteiger partial charge >= 0.3 is 0 Å². The maximum Gasteiger partial charge on any atom is 0.264 e. The van der Waals surface area contributed by atoms with Crippen molar-refractivity contribution < 1.29 is 9.63 Å². The Bertz CT molecular complexity index is 918. The van der Waals surface area contributed by atoms with Gasteiger partial charge in [0.05, 0.1) is 5.71 Å². The highest BCUT2D eigenvalue weighted by atomic mass is 32.1. The molecule has 1 aliphatic heterocycles. The van der Waals surface area contributed by atoms with Gasteiger partial charge in [-0.15, -0.1) is 11.3 Å². The summed E-state index contributed by atoms with van der Waals surface area (Å²) in [5, 5.41) is 10.5. The summed E-state index contributed by atoms with van der Waals surface area (Å²) in [5.74, 6) is -0.103. The van der Waals surface area contributed by atoms with E-state index < -0.39 is 6.10 Å². The maximum absolute atomic E-state index is 12.3. The molecule has 1 aliphatic rings. The molecule has 0 bridgehead atoms. The van der Waals surface area contributed by atoms with Crippen LogP contribution in [-0.2, 0) is 16.1 Å². The van der Waals surface area contributed by atoms with Gasteiger partial charge in [-0.2, -0.15) is 0 Å². The van der Waals surface area contributed by atoms with Crippen molar-refractivity contribution >= 4 is 33.0 Å². The molecule has 4 rings (SSSR count). The summed E-state index contributed by atoms with van der Waals surface area (Å²) >= 11 is 1.74. The van der Waals surface area contributed by atoms with Crippen LogP contribution < -0.4 is 5.32 Å². The van der Waals surface area contributed by atoms with Gasteiger partial charge in [0.2, 0.25) is 6.10 Å². The zero-order chi connectivity index (χ0) is 17.1. The molecule has 0 fully saturated rings. The lowest BCUT2D eigenvalue weighted by molar-refractivity contribution is -0.131. The van der Waals surface area contributed by atoms with Gasteiger partial charge in [-0.05, 0) is 34.4 Å². The molecule has 2 aromatic carbocycles. The fourth-order valence-corrected chi connectivity index (χ4v) is 3.98. The molecule has 0 spiro atoms. The molecule has 1 unspecified atom stereocenters. The minimum atomic E-state index is -0.533. The van der Waals surface area contributed by atoms with Crippen molar-refractivity contribution in [2.24, 2.45) is 5.16 Å². The van der Waals surface area contributed by atoms with Crippen LogP contribution in [0, 0.1) is 0 Å². The predicted molar refractivity (Wildman–Crippen MR) is 101 cm³/mol. The topological polar surface area (TPSA) is 50.7 Å². The number of carbonyl (C=O) groups is 1. The number of fused-ring (bicyclic) bond motifs is 1. The summed E-state index contributed by atoms with van der Waals surface area (Å²) < 4.78 is 1.28. The van der Waals surface area contributed by atoms with Gasteiger partial charge in [0.1, 0.15) is 0 Å². The first-order chi connectivity index (χ1) is 12.3. The Hall–Kier alpha value is -2.66. The van der Waals surface area contributed by atoms with Crippen LogP contribution in [-0.4, -0.2) is 24.3 Å². The first-order valence-corrected chi connectivity index (χ1v) is 9.20. The SMILES string of the molecule is O=C(NCCc1csc2ccccc12)C1CC(c2ccccc2)=NO1. The lowest BCUT2D eigenvalue weighted by atomic mass is 10.0. The zero-order valence-electron chi connectivity index (χ0n) is 13.6. The monoisotopic (exact) mass is 350 g/mol. The van der Waals surface area contributed by atoms with Crippen LogP contribution in [0.5, 0.6) is 0 Å². The van der Waals surface area contributed by atoms with E-state index in [1.807, 2.05) is 42.5 Å². The average Bonchev–Trinajstić information content (AvgIpc) is 3.30. The molecule has 0 saturated heterocycles. The molecule has 3 aromatic rings. The van der Waals surface area contributed by atoms with Gasteiger partial charge in [-0.25, -0.2) is 0 Å². The number of oxime groups is 1. The third-order valence-corrected chi connectivity index (χ3v) is 5.34. The first kappa shape index (κ1) is 15.8. The van der Waals surface area contributed by atoms with Gasteiger partial charge in [0, 0.05) is 17.7 Å². The molecular weight excluding hydrogens is 332 g/mol. The summed E-state index contributed by atoms with van der Waals surface area (Å²) in [6.07, 6.45) is 0.793. The number of thiophene rings is 1. The molecule has 1 N–H and O–H groups in total. The number of carbonyl (C=O) groups excluding carboxylic acids is 1. The van der Waals surface area contributed by atoms with Gasteiger partial charge in [0.15, 0.2) is 0 Å². The van der Waals surface area contributed by atoms with Crippen LogP contribution in [0.25, 0.3) is 10.1 Å². The molecule has 1 aromatic heterocycles. The van der Waals surface area contributed by atoms with Crippen LogP contribution >= 0.6 is 11.3 Å². The van der Waals surface area contributed by atoms with Crippen molar-refractivity contribution in [2.75, 3.05) is 6.54 Å². The Kier molecular flexibility index (Phi) is 4.48. The van der Waals surface area contributed by atoms with E-state index >= 15 is 0 Å². The molecule has 1 atom stereocenters. The third kappa shape index (κ3) is 3.42. The number of amides is 1. The highest BCUT2D eigenvalue weighted by molar-refractivity contribution is 7.17. The van der Waals surface area contributed by atoms with Crippen molar-refractivity contribution in [1.82, 2.24) is 5.32 Å². The number of benzene rings is 2. The Morgan fingerprint density at radius 1 is 1.16 bits per heavy atom. The van der Waals surface area contributed by atoms with E-state index in [4.69, 9.17) is 4.84 Å². The normalized spacial score (nSPS) is 16.5. The molecule has 25 heavy (non-hydrogen) atoms. The maximum atomic E-state index is 12.3. The molecule has 0 radical (unpaired) electrons. The van der Waals surface area contributed by atoms with E-state index in [2.05, 4.69) is 28.0 Å². The summed E-state index contributed by atoms with van der Waals surface area (Å²) in [4.78, 5) is 17.6. The average molecular weight is 350 g/mol. The molecule has 126 valence electrons. The quantitative estimate of drug-likeness (QED) is 0.762. The molecule has 0 aliphatic carbocycles. The Morgan fingerprint density at radius 2 is 1.96 bits per heavy atom. The van der Waals surface area contributed by atoms with Crippen LogP contribution in [0.1, 0.15) is 17.5 Å². The second-order valence-electron chi connectivity index (χ2n) is 6.00. The fraction of sp³-hybridized carbons (Fsp3) is 0.200. The van der Waals surface area contributed by atoms with Gasteiger partial charge in [0.25, 0.3) is 5.91 Å². The van der Waals surface area contributed by atoms with Crippen molar-refractivity contribution in [3.05, 3.63) is 71.1 Å². The molecule has 2 heterocycles. The second kappa shape index (κ2) is 7.07. The standard InChI is InChI=1S/C20H18N2O2S/c23-20(18-12-17(22-24-18)14-6-2-1-3-7-14)21-11-10-15-13-25-19-9-5-4-8-16(15)19/h1-9,13,18H,10-12H2,(H,21,23). The Morgan fingerprint density at radius 3 is 2.84 bits per heavy atom. The molecule has 5 heteroatoms. The summed E-state index contributed by atoms with van der Waals surface area (Å²) in [6, 6.07) is 18.2. The van der Waals surface area contributed by atoms with E-state index in [0.717, 1.165) is 17.7 Å². The molecule has 1 amide bonds. The zero-order valence-corrected chi connectivity index (χ0v) is 14.5. The van der Waals surface area contributed by atoms with E-state index in [1.54, 1.807) is 11.3 Å². The number of hydrogen-bond donors (Lipinski definition) is 1. The molecule has 0 saturated carbocycles. The van der Waals surface area contributed by atoms with Crippen LogP contribution in [0.15, 0.2) is 65.1 Å². The summed E-state index contributed by atoms with van der Waals surface area (Å²) in [6.45, 7) is 0.597. The predicted octanol–water partition coefficient (Wildman–Crippen LogP) is 3.75. The van der Waals surface area contributed by atoms with Crippen molar-refractivity contribution in [2.45, 2.75) is 18.9 Å². The van der Waals surface area contributed by atoms with Crippen LogP contribution in [0.4, 0.5) is 0 Å². The summed E-state index contributed by atoms with van der Waals surface area (Å²) in [7, 11) is 0. The lowest BCUT2D eigenvalue weighted by Crippen LogP contribution is -2.35. The van der Waals surface area contributed by atoms with Crippen molar-refractivity contribution in [1.29, 1.82) is 0 Å². The number of nitrogens with one attached hydrogen (secondary N) is 1. The summed E-state index contributed by atoms with van der Waals surface area (Å²) in [5.41, 5.74) is 3.10. The number of hydrogen-bond acceptors (Lipinski definition) is 4. The van der Waals surface area contributed by atoms with E-state index in [-0.39, 0.29) is 5.91 Å². The fourth-order valence-electron chi connectivity index (χ4n) is 2.98. The Labute approximate surface area is 150 Å². The smallest absolute Gasteiger partial charge is 0.264 e. The second-order valence-corrected chi connectivity index (χ2v) is 6.91. The minimum Gasteiger partial charge on any atom is -0.382 e. The van der Waals surface area contributed by atoms with Gasteiger partial charge in [-0.1, -0.05) is 53.7 Å². The first-order valence-electron chi connectivity index (χ1n) is 8.32. The van der Waals surface area contributed by atoms with E-state index in [1.165, 1.54) is 15.6 Å². The van der Waals surface area contributed by atoms with Crippen molar-refractivity contribution in [3.8, 4) is 0 Å². The van der Waals surface area contributed by atoms with Crippen molar-refractivity contribution in [3.63, 3.8) is 0 Å². The molecule has 4 nitrogen and oxygen atoms in total. The van der Waals surface area contributed by atoms with E-state index in [0.29, 0.717) is 13.0 Å². The minimum absolute atomic E-state index is 0.103.